The quantitative estimate of drug-likeness (QED) is 0.714. The molecule has 0 aliphatic rings. The second-order valence-corrected chi connectivity index (χ2v) is 5.92. The molecule has 0 bridgehead atoms. The minimum absolute atomic E-state index is 0.197. The Kier molecular flexibility index (Phi) is 4.99. The van der Waals surface area contributed by atoms with Crippen LogP contribution in [0.5, 0.6) is 0 Å². The molecule has 0 spiro atoms. The molecule has 0 aliphatic heterocycles. The summed E-state index contributed by atoms with van der Waals surface area (Å²) < 4.78 is 5.13. The molecule has 2 heterocycles. The van der Waals surface area contributed by atoms with E-state index >= 15 is 0 Å². The Hall–Kier alpha value is -2.15. The Morgan fingerprint density at radius 3 is 2.67 bits per heavy atom. The van der Waals surface area contributed by atoms with Gasteiger partial charge in [0, 0.05) is 33.9 Å². The van der Waals surface area contributed by atoms with Crippen LogP contribution in [0.4, 0.5) is 5.82 Å². The second kappa shape index (κ2) is 7.17. The minimum atomic E-state index is -0.873. The lowest BCUT2D eigenvalue weighted by molar-refractivity contribution is 0.191. The third kappa shape index (κ3) is 3.67. The molecule has 0 saturated heterocycles. The van der Waals surface area contributed by atoms with Crippen molar-refractivity contribution in [1.29, 1.82) is 0 Å². The highest BCUT2D eigenvalue weighted by atomic mass is 35.5. The zero-order chi connectivity index (χ0) is 17.1. The van der Waals surface area contributed by atoms with Gasteiger partial charge < -0.3 is 14.9 Å². The van der Waals surface area contributed by atoms with Crippen LogP contribution < -0.4 is 5.32 Å². The van der Waals surface area contributed by atoms with Crippen LogP contribution in [0, 0.1) is 6.92 Å². The summed E-state index contributed by atoms with van der Waals surface area (Å²) in [5.41, 5.74) is 1.22. The zero-order valence-electron chi connectivity index (χ0n) is 12.7. The summed E-state index contributed by atoms with van der Waals surface area (Å²) in [7, 11) is 0. The number of pyridine rings is 1. The third-order valence-electron chi connectivity index (χ3n) is 3.34. The summed E-state index contributed by atoms with van der Waals surface area (Å²) in [5.74, 6) is 1.53. The van der Waals surface area contributed by atoms with Crippen LogP contribution in [0.1, 0.15) is 17.5 Å². The monoisotopic (exact) mass is 364 g/mol. The number of anilines is 1. The lowest BCUT2D eigenvalue weighted by Gasteiger charge is -2.15. The highest BCUT2D eigenvalue weighted by Gasteiger charge is 2.15. The fourth-order valence-corrected chi connectivity index (χ4v) is 2.86. The summed E-state index contributed by atoms with van der Waals surface area (Å²) >= 11 is 12.2. The Morgan fingerprint density at radius 2 is 2.00 bits per heavy atom. The van der Waals surface area contributed by atoms with Gasteiger partial charge in [0.2, 0.25) is 0 Å². The van der Waals surface area contributed by atoms with Crippen LogP contribution >= 0.6 is 23.2 Å². The van der Waals surface area contributed by atoms with E-state index in [0.717, 1.165) is 5.56 Å². The van der Waals surface area contributed by atoms with Crippen molar-refractivity contribution in [2.75, 3.05) is 11.9 Å². The minimum Gasteiger partial charge on any atom is -0.386 e. The topological polar surface area (TPSA) is 84.1 Å². The first-order valence-electron chi connectivity index (χ1n) is 7.17. The lowest BCUT2D eigenvalue weighted by atomic mass is 10.1. The molecule has 8 heteroatoms. The van der Waals surface area contributed by atoms with Gasteiger partial charge in [0.05, 0.1) is 6.10 Å². The largest absolute Gasteiger partial charge is 0.386 e. The molecule has 3 aromatic rings. The number of nitrogens with one attached hydrogen (secondary N) is 1. The van der Waals surface area contributed by atoms with E-state index in [0.29, 0.717) is 33.1 Å². The van der Waals surface area contributed by atoms with E-state index in [1.807, 2.05) is 0 Å². The number of hydrogen-bond donors (Lipinski definition) is 2. The van der Waals surface area contributed by atoms with Gasteiger partial charge >= 0.3 is 0 Å². The number of hydrogen-bond acceptors (Lipinski definition) is 6. The van der Waals surface area contributed by atoms with E-state index < -0.39 is 6.10 Å². The molecule has 24 heavy (non-hydrogen) atoms. The Balaban J connectivity index is 1.73. The van der Waals surface area contributed by atoms with Crippen molar-refractivity contribution in [1.82, 2.24) is 15.1 Å². The van der Waals surface area contributed by atoms with E-state index in [1.54, 1.807) is 43.5 Å². The maximum absolute atomic E-state index is 10.3. The van der Waals surface area contributed by atoms with Gasteiger partial charge in [0.25, 0.3) is 5.89 Å². The van der Waals surface area contributed by atoms with Crippen molar-refractivity contribution in [3.05, 3.63) is 58.0 Å². The van der Waals surface area contributed by atoms with Crippen molar-refractivity contribution < 1.29 is 9.63 Å². The van der Waals surface area contributed by atoms with E-state index in [9.17, 15) is 5.11 Å². The maximum atomic E-state index is 10.3. The molecular weight excluding hydrogens is 351 g/mol. The maximum Gasteiger partial charge on any atom is 0.258 e. The van der Waals surface area contributed by atoms with Crippen LogP contribution in [0.15, 0.2) is 41.1 Å². The van der Waals surface area contributed by atoms with Crippen molar-refractivity contribution >= 4 is 29.0 Å². The molecule has 0 amide bonds. The smallest absolute Gasteiger partial charge is 0.258 e. The third-order valence-corrected chi connectivity index (χ3v) is 4.00. The highest BCUT2D eigenvalue weighted by Crippen LogP contribution is 2.30. The number of aromatic nitrogens is 3. The SMILES string of the molecule is Cc1noc(-c2ccnc(NCC(O)c3c(Cl)cccc3Cl)c2)n1. The number of halogens is 2. The Morgan fingerprint density at radius 1 is 1.25 bits per heavy atom. The molecule has 2 N–H and O–H groups in total. The van der Waals surface area contributed by atoms with Gasteiger partial charge in [-0.05, 0) is 31.2 Å². The molecule has 1 aromatic carbocycles. The molecular formula is C16H14Cl2N4O2. The number of rotatable bonds is 5. The molecule has 1 unspecified atom stereocenters. The van der Waals surface area contributed by atoms with E-state index in [1.165, 1.54) is 0 Å². The van der Waals surface area contributed by atoms with Gasteiger partial charge in [0.1, 0.15) is 5.82 Å². The van der Waals surface area contributed by atoms with Crippen molar-refractivity contribution in [2.45, 2.75) is 13.0 Å². The van der Waals surface area contributed by atoms with Crippen LogP contribution in [-0.2, 0) is 0 Å². The summed E-state index contributed by atoms with van der Waals surface area (Å²) in [6, 6.07) is 8.62. The van der Waals surface area contributed by atoms with Gasteiger partial charge in [0.15, 0.2) is 5.82 Å². The lowest BCUT2D eigenvalue weighted by Crippen LogP contribution is -2.13. The Bertz CT molecular complexity index is 833. The van der Waals surface area contributed by atoms with Crippen LogP contribution in [0.2, 0.25) is 10.0 Å². The first kappa shape index (κ1) is 16.7. The van der Waals surface area contributed by atoms with E-state index in [2.05, 4.69) is 20.4 Å². The van der Waals surface area contributed by atoms with Crippen LogP contribution in [0.25, 0.3) is 11.5 Å². The van der Waals surface area contributed by atoms with Crippen molar-refractivity contribution in [3.8, 4) is 11.5 Å². The van der Waals surface area contributed by atoms with E-state index in [-0.39, 0.29) is 6.54 Å². The first-order chi connectivity index (χ1) is 11.5. The van der Waals surface area contributed by atoms with Gasteiger partial charge in [-0.2, -0.15) is 4.98 Å². The fraction of sp³-hybridized carbons (Fsp3) is 0.188. The van der Waals surface area contributed by atoms with E-state index in [4.69, 9.17) is 27.7 Å². The van der Waals surface area contributed by atoms with Crippen LogP contribution in [-0.4, -0.2) is 26.8 Å². The van der Waals surface area contributed by atoms with Gasteiger partial charge in [-0.15, -0.1) is 0 Å². The summed E-state index contributed by atoms with van der Waals surface area (Å²) in [6.07, 6.45) is 0.744. The average Bonchev–Trinajstić information content (AvgIpc) is 3.00. The fourth-order valence-electron chi connectivity index (χ4n) is 2.21. The molecule has 0 radical (unpaired) electrons. The number of aliphatic hydroxyl groups excluding tert-OH is 1. The van der Waals surface area contributed by atoms with Gasteiger partial charge in [-0.3, -0.25) is 0 Å². The predicted molar refractivity (Wildman–Crippen MR) is 92.2 cm³/mol. The molecule has 2 aromatic heterocycles. The number of benzene rings is 1. The Labute approximate surface area is 148 Å². The number of nitrogens with zero attached hydrogens (tertiary/aromatic N) is 3. The second-order valence-electron chi connectivity index (χ2n) is 5.11. The van der Waals surface area contributed by atoms with Gasteiger partial charge in [-0.1, -0.05) is 34.4 Å². The van der Waals surface area contributed by atoms with Crippen LogP contribution in [0.3, 0.4) is 0 Å². The molecule has 1 atom stereocenters. The number of aryl methyl sites for hydroxylation is 1. The molecule has 124 valence electrons. The molecule has 0 saturated carbocycles. The van der Waals surface area contributed by atoms with Gasteiger partial charge in [-0.25, -0.2) is 4.98 Å². The number of aliphatic hydroxyl groups is 1. The molecule has 0 fully saturated rings. The molecule has 6 nitrogen and oxygen atoms in total. The summed E-state index contributed by atoms with van der Waals surface area (Å²) in [5, 5.41) is 18.0. The average molecular weight is 365 g/mol. The van der Waals surface area contributed by atoms with Crippen molar-refractivity contribution in [3.63, 3.8) is 0 Å². The molecule has 3 rings (SSSR count). The predicted octanol–water partition coefficient (Wildman–Crippen LogP) is 3.89. The highest BCUT2D eigenvalue weighted by molar-refractivity contribution is 6.36. The van der Waals surface area contributed by atoms with Crippen molar-refractivity contribution in [2.24, 2.45) is 0 Å². The molecule has 0 aliphatic carbocycles. The first-order valence-corrected chi connectivity index (χ1v) is 7.93. The zero-order valence-corrected chi connectivity index (χ0v) is 14.2. The summed E-state index contributed by atoms with van der Waals surface area (Å²) in [6.45, 7) is 1.94. The normalized spacial score (nSPS) is 12.2. The summed E-state index contributed by atoms with van der Waals surface area (Å²) in [4.78, 5) is 8.37. The standard InChI is InChI=1S/C16H14Cl2N4O2/c1-9-21-16(24-22-9)10-5-6-19-14(7-10)20-8-13(23)15-11(17)3-2-4-12(15)18/h2-7,13,23H,8H2,1H3,(H,19,20).